The van der Waals surface area contributed by atoms with Crippen molar-refractivity contribution in [1.29, 1.82) is 0 Å². The fourth-order valence-corrected chi connectivity index (χ4v) is 2.58. The molecule has 0 bridgehead atoms. The SMILES string of the molecule is CC1CCCCN1C(=O)C(=O)Nc1ccc(N)cc1Cl. The van der Waals surface area contributed by atoms with Crippen LogP contribution in [0.3, 0.4) is 0 Å². The molecule has 1 aliphatic heterocycles. The molecule has 1 aromatic rings. The Morgan fingerprint density at radius 2 is 2.15 bits per heavy atom. The van der Waals surface area contributed by atoms with Crippen LogP contribution in [-0.2, 0) is 9.59 Å². The summed E-state index contributed by atoms with van der Waals surface area (Å²) in [5, 5.41) is 2.85. The molecule has 2 amide bonds. The Bertz CT molecular complexity index is 533. The third kappa shape index (κ3) is 3.22. The van der Waals surface area contributed by atoms with Crippen molar-refractivity contribution < 1.29 is 9.59 Å². The Labute approximate surface area is 123 Å². The molecule has 0 saturated carbocycles. The van der Waals surface area contributed by atoms with Crippen molar-refractivity contribution in [2.24, 2.45) is 0 Å². The third-order valence-corrected chi connectivity index (χ3v) is 3.81. The van der Waals surface area contributed by atoms with Gasteiger partial charge in [-0.1, -0.05) is 11.6 Å². The van der Waals surface area contributed by atoms with E-state index in [4.69, 9.17) is 17.3 Å². The molecule has 1 aromatic carbocycles. The first kappa shape index (κ1) is 14.7. The number of likely N-dealkylation sites (tertiary alicyclic amines) is 1. The highest BCUT2D eigenvalue weighted by Gasteiger charge is 2.28. The van der Waals surface area contributed by atoms with Crippen molar-refractivity contribution in [2.45, 2.75) is 32.2 Å². The first-order valence-corrected chi connectivity index (χ1v) is 7.04. The molecule has 0 aromatic heterocycles. The number of nitrogen functional groups attached to an aromatic ring is 1. The van der Waals surface area contributed by atoms with Crippen molar-refractivity contribution in [1.82, 2.24) is 4.90 Å². The molecule has 1 aliphatic rings. The van der Waals surface area contributed by atoms with Gasteiger partial charge in [0, 0.05) is 18.3 Å². The van der Waals surface area contributed by atoms with Crippen LogP contribution >= 0.6 is 11.6 Å². The normalized spacial score (nSPS) is 18.7. The average Bonchev–Trinajstić information content (AvgIpc) is 2.41. The molecule has 0 radical (unpaired) electrons. The van der Waals surface area contributed by atoms with Crippen LogP contribution in [0.1, 0.15) is 26.2 Å². The molecule has 1 unspecified atom stereocenters. The molecular weight excluding hydrogens is 278 g/mol. The zero-order chi connectivity index (χ0) is 14.7. The summed E-state index contributed by atoms with van der Waals surface area (Å²) in [4.78, 5) is 25.8. The lowest BCUT2D eigenvalue weighted by Crippen LogP contribution is -2.47. The van der Waals surface area contributed by atoms with Gasteiger partial charge in [-0.05, 0) is 44.4 Å². The fraction of sp³-hybridized carbons (Fsp3) is 0.429. The van der Waals surface area contributed by atoms with E-state index in [1.54, 1.807) is 17.0 Å². The van der Waals surface area contributed by atoms with Crippen LogP contribution in [-0.4, -0.2) is 29.3 Å². The summed E-state index contributed by atoms with van der Waals surface area (Å²) in [5.41, 5.74) is 6.48. The van der Waals surface area contributed by atoms with Crippen molar-refractivity contribution in [2.75, 3.05) is 17.6 Å². The average molecular weight is 296 g/mol. The van der Waals surface area contributed by atoms with E-state index in [1.807, 2.05) is 6.92 Å². The smallest absolute Gasteiger partial charge is 0.313 e. The van der Waals surface area contributed by atoms with E-state index in [0.717, 1.165) is 19.3 Å². The molecule has 0 aliphatic carbocycles. The topological polar surface area (TPSA) is 75.4 Å². The van der Waals surface area contributed by atoms with E-state index in [2.05, 4.69) is 5.32 Å². The maximum Gasteiger partial charge on any atom is 0.313 e. The zero-order valence-corrected chi connectivity index (χ0v) is 12.1. The number of nitrogens with two attached hydrogens (primary N) is 1. The van der Waals surface area contributed by atoms with Crippen molar-refractivity contribution in [3.8, 4) is 0 Å². The maximum absolute atomic E-state index is 12.1. The molecule has 1 atom stereocenters. The lowest BCUT2D eigenvalue weighted by atomic mass is 10.0. The molecule has 3 N–H and O–H groups in total. The maximum atomic E-state index is 12.1. The van der Waals surface area contributed by atoms with Gasteiger partial charge in [0.25, 0.3) is 0 Å². The fourth-order valence-electron chi connectivity index (χ4n) is 2.34. The minimum absolute atomic E-state index is 0.101. The number of nitrogens with zero attached hydrogens (tertiary/aromatic N) is 1. The largest absolute Gasteiger partial charge is 0.399 e. The Hall–Kier alpha value is -1.75. The summed E-state index contributed by atoms with van der Waals surface area (Å²) in [5.74, 6) is -1.17. The van der Waals surface area contributed by atoms with Gasteiger partial charge in [-0.25, -0.2) is 0 Å². The summed E-state index contributed by atoms with van der Waals surface area (Å²) in [6.07, 6.45) is 2.96. The summed E-state index contributed by atoms with van der Waals surface area (Å²) < 4.78 is 0. The van der Waals surface area contributed by atoms with Gasteiger partial charge in [0.15, 0.2) is 0 Å². The number of nitrogens with one attached hydrogen (secondary N) is 1. The van der Waals surface area contributed by atoms with Gasteiger partial charge in [0.05, 0.1) is 10.7 Å². The molecule has 20 heavy (non-hydrogen) atoms. The standard InChI is InChI=1S/C14H18ClN3O2/c1-9-4-2-3-7-18(9)14(20)13(19)17-12-6-5-10(16)8-11(12)15/h5-6,8-9H,2-4,7,16H2,1H3,(H,17,19). The van der Waals surface area contributed by atoms with Gasteiger partial charge in [0.2, 0.25) is 0 Å². The van der Waals surface area contributed by atoms with E-state index in [0.29, 0.717) is 22.9 Å². The number of rotatable bonds is 1. The Morgan fingerprint density at radius 1 is 1.40 bits per heavy atom. The van der Waals surface area contributed by atoms with Crippen LogP contribution in [0.4, 0.5) is 11.4 Å². The Balaban J connectivity index is 2.05. The summed E-state index contributed by atoms with van der Waals surface area (Å²) >= 11 is 5.97. The van der Waals surface area contributed by atoms with Crippen LogP contribution < -0.4 is 11.1 Å². The number of halogens is 1. The molecule has 1 saturated heterocycles. The quantitative estimate of drug-likeness (QED) is 0.616. The second kappa shape index (κ2) is 6.13. The molecule has 108 valence electrons. The molecule has 2 rings (SSSR count). The number of piperidine rings is 1. The zero-order valence-electron chi connectivity index (χ0n) is 11.4. The molecular formula is C14H18ClN3O2. The number of carbonyl (C=O) groups is 2. The first-order chi connectivity index (χ1) is 9.49. The Kier molecular flexibility index (Phi) is 4.49. The van der Waals surface area contributed by atoms with Gasteiger partial charge in [-0.2, -0.15) is 0 Å². The van der Waals surface area contributed by atoms with Crippen molar-refractivity contribution in [3.05, 3.63) is 23.2 Å². The lowest BCUT2D eigenvalue weighted by Gasteiger charge is -2.32. The van der Waals surface area contributed by atoms with Crippen molar-refractivity contribution >= 4 is 34.8 Å². The molecule has 1 heterocycles. The number of hydrogen-bond acceptors (Lipinski definition) is 3. The number of carbonyl (C=O) groups excluding carboxylic acids is 2. The number of anilines is 2. The van der Waals surface area contributed by atoms with Crippen LogP contribution in [0.2, 0.25) is 5.02 Å². The summed E-state index contributed by atoms with van der Waals surface area (Å²) in [6, 6.07) is 4.84. The van der Waals surface area contributed by atoms with Crippen LogP contribution in [0.15, 0.2) is 18.2 Å². The summed E-state index contributed by atoms with van der Waals surface area (Å²) in [6.45, 7) is 2.59. The van der Waals surface area contributed by atoms with E-state index in [9.17, 15) is 9.59 Å². The minimum Gasteiger partial charge on any atom is -0.399 e. The molecule has 0 spiro atoms. The van der Waals surface area contributed by atoms with Gasteiger partial charge >= 0.3 is 11.8 Å². The van der Waals surface area contributed by atoms with E-state index in [-0.39, 0.29) is 6.04 Å². The van der Waals surface area contributed by atoms with Gasteiger partial charge < -0.3 is 16.0 Å². The number of benzene rings is 1. The summed E-state index contributed by atoms with van der Waals surface area (Å²) in [7, 11) is 0. The van der Waals surface area contributed by atoms with Crippen molar-refractivity contribution in [3.63, 3.8) is 0 Å². The predicted molar refractivity (Wildman–Crippen MR) is 79.5 cm³/mol. The second-order valence-corrected chi connectivity index (χ2v) is 5.44. The molecule has 1 fully saturated rings. The molecule has 6 heteroatoms. The van der Waals surface area contributed by atoms with Gasteiger partial charge in [0.1, 0.15) is 0 Å². The predicted octanol–water partition coefficient (Wildman–Crippen LogP) is 2.26. The number of hydrogen-bond donors (Lipinski definition) is 2. The van der Waals surface area contributed by atoms with E-state index >= 15 is 0 Å². The highest BCUT2D eigenvalue weighted by molar-refractivity contribution is 6.41. The van der Waals surface area contributed by atoms with Crippen LogP contribution in [0, 0.1) is 0 Å². The highest BCUT2D eigenvalue weighted by atomic mass is 35.5. The van der Waals surface area contributed by atoms with E-state index < -0.39 is 11.8 Å². The lowest BCUT2D eigenvalue weighted by molar-refractivity contribution is -0.145. The van der Waals surface area contributed by atoms with Gasteiger partial charge in [-0.3, -0.25) is 9.59 Å². The van der Waals surface area contributed by atoms with Crippen LogP contribution in [0.5, 0.6) is 0 Å². The second-order valence-electron chi connectivity index (χ2n) is 5.04. The monoisotopic (exact) mass is 295 g/mol. The van der Waals surface area contributed by atoms with Crippen LogP contribution in [0.25, 0.3) is 0 Å². The highest BCUT2D eigenvalue weighted by Crippen LogP contribution is 2.24. The number of amides is 2. The first-order valence-electron chi connectivity index (χ1n) is 6.66. The minimum atomic E-state index is -0.662. The molecule has 5 nitrogen and oxygen atoms in total. The third-order valence-electron chi connectivity index (χ3n) is 3.50. The van der Waals surface area contributed by atoms with E-state index in [1.165, 1.54) is 6.07 Å². The Morgan fingerprint density at radius 3 is 2.80 bits per heavy atom. The van der Waals surface area contributed by atoms with Gasteiger partial charge in [-0.15, -0.1) is 0 Å².